The lowest BCUT2D eigenvalue weighted by molar-refractivity contribution is -0.122. The summed E-state index contributed by atoms with van der Waals surface area (Å²) in [7, 11) is 0. The molecule has 1 fully saturated rings. The lowest BCUT2D eigenvalue weighted by Crippen LogP contribution is -2.49. The van der Waals surface area contributed by atoms with Gasteiger partial charge in [-0.25, -0.2) is 0 Å². The van der Waals surface area contributed by atoms with E-state index in [4.69, 9.17) is 5.11 Å². The number of amides is 1. The normalized spacial score (nSPS) is 19.4. The Hall–Kier alpha value is -1.20. The molecule has 2 rings (SSSR count). The highest BCUT2D eigenvalue weighted by Crippen LogP contribution is 2.10. The molecule has 3 N–H and O–H groups in total. The molecule has 1 atom stereocenters. The minimum atomic E-state index is -0.0523. The van der Waals surface area contributed by atoms with E-state index in [0.29, 0.717) is 6.54 Å². The lowest BCUT2D eigenvalue weighted by atomic mass is 10.1. The molecule has 1 aromatic rings. The molecule has 0 bridgehead atoms. The third-order valence-corrected chi connectivity index (χ3v) is 3.95. The molecule has 1 amide bonds. The van der Waals surface area contributed by atoms with Gasteiger partial charge in [0, 0.05) is 24.6 Å². The van der Waals surface area contributed by atoms with Crippen molar-refractivity contribution in [3.05, 3.63) is 29.8 Å². The van der Waals surface area contributed by atoms with Crippen LogP contribution in [-0.4, -0.2) is 41.7 Å². The topological polar surface area (TPSA) is 61.4 Å². The van der Waals surface area contributed by atoms with Crippen molar-refractivity contribution in [1.29, 1.82) is 0 Å². The molecule has 1 aliphatic rings. The van der Waals surface area contributed by atoms with Gasteiger partial charge >= 0.3 is 0 Å². The second kappa shape index (κ2) is 6.66. The summed E-state index contributed by atoms with van der Waals surface area (Å²) in [6.07, 6.45) is 0.784. The van der Waals surface area contributed by atoms with Crippen LogP contribution in [0.25, 0.3) is 0 Å². The van der Waals surface area contributed by atoms with E-state index in [1.54, 1.807) is 12.1 Å². The Labute approximate surface area is 111 Å². The molecule has 5 heteroatoms. The van der Waals surface area contributed by atoms with E-state index in [1.165, 1.54) is 0 Å². The second-order valence-corrected chi connectivity index (χ2v) is 5.44. The number of hydrogen-bond acceptors (Lipinski definition) is 4. The second-order valence-electron chi connectivity index (χ2n) is 4.29. The van der Waals surface area contributed by atoms with E-state index < -0.39 is 0 Å². The van der Waals surface area contributed by atoms with Crippen LogP contribution in [0.2, 0.25) is 0 Å². The number of thioether (sulfide) groups is 1. The van der Waals surface area contributed by atoms with Crippen LogP contribution >= 0.6 is 11.8 Å². The zero-order valence-electron chi connectivity index (χ0n) is 10.2. The summed E-state index contributed by atoms with van der Waals surface area (Å²) in [5.74, 6) is 2.29. The summed E-state index contributed by atoms with van der Waals surface area (Å²) < 4.78 is 0. The summed E-state index contributed by atoms with van der Waals surface area (Å²) in [5, 5.41) is 15.3. The van der Waals surface area contributed by atoms with Crippen molar-refractivity contribution in [2.45, 2.75) is 12.5 Å². The van der Waals surface area contributed by atoms with Gasteiger partial charge in [0.25, 0.3) is 0 Å². The van der Waals surface area contributed by atoms with Crippen LogP contribution in [0.1, 0.15) is 5.56 Å². The average molecular weight is 266 g/mol. The highest BCUT2D eigenvalue weighted by molar-refractivity contribution is 7.99. The van der Waals surface area contributed by atoms with Gasteiger partial charge in [0.15, 0.2) is 0 Å². The first-order chi connectivity index (χ1) is 8.75. The minimum absolute atomic E-state index is 0.0523. The van der Waals surface area contributed by atoms with Gasteiger partial charge in [0.2, 0.25) is 5.91 Å². The zero-order chi connectivity index (χ0) is 12.8. The third kappa shape index (κ3) is 3.92. The highest BCUT2D eigenvalue weighted by Gasteiger charge is 2.19. The SMILES string of the molecule is O=C(NCCc1ccc(O)cc1)C1CSCCN1. The first kappa shape index (κ1) is 13.2. The molecule has 1 saturated heterocycles. The smallest absolute Gasteiger partial charge is 0.238 e. The van der Waals surface area contributed by atoms with Gasteiger partial charge in [0.05, 0.1) is 6.04 Å². The van der Waals surface area contributed by atoms with E-state index in [1.807, 2.05) is 23.9 Å². The van der Waals surface area contributed by atoms with Gasteiger partial charge in [-0.3, -0.25) is 4.79 Å². The lowest BCUT2D eigenvalue weighted by Gasteiger charge is -2.22. The fourth-order valence-corrected chi connectivity index (χ4v) is 2.78. The summed E-state index contributed by atoms with van der Waals surface area (Å²) in [6.45, 7) is 1.53. The molecule has 4 nitrogen and oxygen atoms in total. The van der Waals surface area contributed by atoms with Gasteiger partial charge in [-0.1, -0.05) is 12.1 Å². The predicted octanol–water partition coefficient (Wildman–Crippen LogP) is 0.756. The van der Waals surface area contributed by atoms with Gasteiger partial charge in [-0.05, 0) is 24.1 Å². The van der Waals surface area contributed by atoms with Crippen molar-refractivity contribution in [2.75, 3.05) is 24.6 Å². The summed E-state index contributed by atoms with van der Waals surface area (Å²) >= 11 is 1.81. The Bertz CT molecular complexity index is 388. The van der Waals surface area contributed by atoms with Crippen molar-refractivity contribution < 1.29 is 9.90 Å². The number of phenols is 1. The number of nitrogens with one attached hydrogen (secondary N) is 2. The first-order valence-electron chi connectivity index (χ1n) is 6.12. The van der Waals surface area contributed by atoms with Crippen molar-refractivity contribution >= 4 is 17.7 Å². The number of phenolic OH excluding ortho intramolecular Hbond substituents is 1. The summed E-state index contributed by atoms with van der Waals surface area (Å²) in [6, 6.07) is 7.02. The van der Waals surface area contributed by atoms with E-state index in [9.17, 15) is 4.79 Å². The van der Waals surface area contributed by atoms with Gasteiger partial charge in [-0.2, -0.15) is 11.8 Å². The van der Waals surface area contributed by atoms with E-state index in [2.05, 4.69) is 10.6 Å². The molecular weight excluding hydrogens is 248 g/mol. The maximum atomic E-state index is 11.8. The van der Waals surface area contributed by atoms with Crippen LogP contribution in [0, 0.1) is 0 Å². The molecule has 1 aliphatic heterocycles. The van der Waals surface area contributed by atoms with Crippen molar-refractivity contribution in [1.82, 2.24) is 10.6 Å². The van der Waals surface area contributed by atoms with Gasteiger partial charge < -0.3 is 15.7 Å². The van der Waals surface area contributed by atoms with E-state index in [-0.39, 0.29) is 17.7 Å². The van der Waals surface area contributed by atoms with Crippen LogP contribution < -0.4 is 10.6 Å². The van der Waals surface area contributed by atoms with Crippen LogP contribution in [0.5, 0.6) is 5.75 Å². The van der Waals surface area contributed by atoms with Crippen molar-refractivity contribution in [2.24, 2.45) is 0 Å². The molecular formula is C13H18N2O2S. The fraction of sp³-hybridized carbons (Fsp3) is 0.462. The molecule has 0 radical (unpaired) electrons. The Morgan fingerprint density at radius 3 is 2.89 bits per heavy atom. The molecule has 0 aliphatic carbocycles. The minimum Gasteiger partial charge on any atom is -0.508 e. The van der Waals surface area contributed by atoms with Crippen LogP contribution in [0.15, 0.2) is 24.3 Å². The Morgan fingerprint density at radius 2 is 2.22 bits per heavy atom. The van der Waals surface area contributed by atoms with E-state index in [0.717, 1.165) is 30.0 Å². The van der Waals surface area contributed by atoms with Crippen LogP contribution in [-0.2, 0) is 11.2 Å². The fourth-order valence-electron chi connectivity index (χ4n) is 1.85. The Morgan fingerprint density at radius 1 is 1.44 bits per heavy atom. The van der Waals surface area contributed by atoms with Crippen molar-refractivity contribution in [3.63, 3.8) is 0 Å². The van der Waals surface area contributed by atoms with Gasteiger partial charge in [0.1, 0.15) is 5.75 Å². The standard InChI is InChI=1S/C13H18N2O2S/c16-11-3-1-10(2-4-11)5-6-15-13(17)12-9-18-8-7-14-12/h1-4,12,14,16H,5-9H2,(H,15,17). The maximum Gasteiger partial charge on any atom is 0.238 e. The molecule has 1 aromatic carbocycles. The maximum absolute atomic E-state index is 11.8. The Kier molecular flexibility index (Phi) is 4.90. The number of hydrogen-bond donors (Lipinski definition) is 3. The summed E-state index contributed by atoms with van der Waals surface area (Å²) in [5.41, 5.74) is 1.11. The molecule has 98 valence electrons. The monoisotopic (exact) mass is 266 g/mol. The Balaban J connectivity index is 1.71. The van der Waals surface area contributed by atoms with Crippen LogP contribution in [0.3, 0.4) is 0 Å². The summed E-state index contributed by atoms with van der Waals surface area (Å²) in [4.78, 5) is 11.8. The highest BCUT2D eigenvalue weighted by atomic mass is 32.2. The molecule has 1 unspecified atom stereocenters. The number of carbonyl (C=O) groups is 1. The van der Waals surface area contributed by atoms with Crippen molar-refractivity contribution in [3.8, 4) is 5.75 Å². The number of rotatable bonds is 4. The number of carbonyl (C=O) groups excluding carboxylic acids is 1. The number of benzene rings is 1. The molecule has 0 aromatic heterocycles. The zero-order valence-corrected chi connectivity index (χ0v) is 11.0. The molecule has 1 heterocycles. The number of aromatic hydroxyl groups is 1. The molecule has 18 heavy (non-hydrogen) atoms. The predicted molar refractivity (Wildman–Crippen MR) is 73.9 cm³/mol. The van der Waals surface area contributed by atoms with E-state index >= 15 is 0 Å². The molecule has 0 saturated carbocycles. The average Bonchev–Trinajstić information content (AvgIpc) is 2.42. The van der Waals surface area contributed by atoms with Crippen LogP contribution in [0.4, 0.5) is 0 Å². The molecule has 0 spiro atoms. The van der Waals surface area contributed by atoms with Gasteiger partial charge in [-0.15, -0.1) is 0 Å². The largest absolute Gasteiger partial charge is 0.508 e. The third-order valence-electron chi connectivity index (χ3n) is 2.89. The quantitative estimate of drug-likeness (QED) is 0.753. The first-order valence-corrected chi connectivity index (χ1v) is 7.28.